The van der Waals surface area contributed by atoms with E-state index in [4.69, 9.17) is 0 Å². The van der Waals surface area contributed by atoms with Gasteiger partial charge in [-0.25, -0.2) is 13.4 Å². The van der Waals surface area contributed by atoms with Crippen molar-refractivity contribution in [1.82, 2.24) is 20.4 Å². The molecule has 8 nitrogen and oxygen atoms in total. The third kappa shape index (κ3) is 7.94. The Balaban J connectivity index is 0.00000420. The second kappa shape index (κ2) is 10.9. The highest BCUT2D eigenvalue weighted by atomic mass is 127. The molecule has 0 fully saturated rings. The zero-order valence-corrected chi connectivity index (χ0v) is 20.4. The maximum Gasteiger partial charge on any atom is 0.191 e. The molecule has 29 heavy (non-hydrogen) atoms. The number of aryl methyl sites for hydroxylation is 1. The number of aliphatic hydroxyl groups is 1. The first-order valence-electron chi connectivity index (χ1n) is 9.14. The number of hydrogen-bond acceptors (Lipinski definition) is 5. The predicted molar refractivity (Wildman–Crippen MR) is 125 cm³/mol. The molecule has 162 valence electrons. The second-order valence-electron chi connectivity index (χ2n) is 6.96. The van der Waals surface area contributed by atoms with E-state index in [1.807, 2.05) is 19.1 Å². The van der Waals surface area contributed by atoms with Crippen molar-refractivity contribution in [2.24, 2.45) is 12.0 Å². The molecule has 0 radical (unpaired) electrons. The van der Waals surface area contributed by atoms with Gasteiger partial charge in [-0.1, -0.05) is 12.1 Å². The highest BCUT2D eigenvalue weighted by Gasteiger charge is 2.24. The normalized spacial score (nSPS) is 14.0. The van der Waals surface area contributed by atoms with Crippen LogP contribution in [0.25, 0.3) is 0 Å². The Morgan fingerprint density at radius 1 is 1.28 bits per heavy atom. The lowest BCUT2D eigenvalue weighted by atomic mass is 10.0. The third-order valence-electron chi connectivity index (χ3n) is 4.27. The number of aromatic nitrogens is 2. The van der Waals surface area contributed by atoms with Gasteiger partial charge in [0.15, 0.2) is 15.8 Å². The molecule has 0 aliphatic heterocycles. The van der Waals surface area contributed by atoms with Crippen LogP contribution < -0.4 is 10.6 Å². The summed E-state index contributed by atoms with van der Waals surface area (Å²) in [5.41, 5.74) is 0.622. The fraction of sp³-hybridized carbons (Fsp3) is 0.474. The monoisotopic (exact) mass is 535 g/mol. The molecule has 1 atom stereocenters. The molecule has 2 rings (SSSR count). The molecule has 0 bridgehead atoms. The zero-order valence-electron chi connectivity index (χ0n) is 17.2. The first-order valence-corrected chi connectivity index (χ1v) is 11.0. The highest BCUT2D eigenvalue weighted by Crippen LogP contribution is 2.19. The molecule has 0 spiro atoms. The van der Waals surface area contributed by atoms with E-state index in [1.165, 1.54) is 6.26 Å². The van der Waals surface area contributed by atoms with E-state index in [0.717, 1.165) is 5.56 Å². The standard InChI is InChI=1S/C19H29N5O3S.HI/c1-5-20-18(22-14-19(2,25)16-12-23-24(3)13-16)21-11-10-15-6-8-17(9-7-15)28(4,26)27;/h6-9,12-13,25H,5,10-11,14H2,1-4H3,(H2,20,21,22);1H. The quantitative estimate of drug-likeness (QED) is 0.268. The molecular formula is C19H30IN5O3S. The molecule has 0 aliphatic carbocycles. The summed E-state index contributed by atoms with van der Waals surface area (Å²) >= 11 is 0. The van der Waals surface area contributed by atoms with Crippen molar-refractivity contribution in [3.63, 3.8) is 0 Å². The Bertz CT molecular complexity index is 908. The topological polar surface area (TPSA) is 109 Å². The van der Waals surface area contributed by atoms with Gasteiger partial charge in [-0.3, -0.25) is 4.68 Å². The van der Waals surface area contributed by atoms with Gasteiger partial charge in [0.1, 0.15) is 5.60 Å². The van der Waals surface area contributed by atoms with Crippen LogP contribution >= 0.6 is 24.0 Å². The Kier molecular flexibility index (Phi) is 9.56. The fourth-order valence-electron chi connectivity index (χ4n) is 2.59. The average molecular weight is 535 g/mol. The molecule has 0 saturated heterocycles. The van der Waals surface area contributed by atoms with Gasteiger partial charge >= 0.3 is 0 Å². The zero-order chi connectivity index (χ0) is 20.8. The van der Waals surface area contributed by atoms with E-state index in [-0.39, 0.29) is 30.5 Å². The molecular weight excluding hydrogens is 505 g/mol. The summed E-state index contributed by atoms with van der Waals surface area (Å²) < 4.78 is 24.7. The van der Waals surface area contributed by atoms with Crippen LogP contribution in [-0.2, 0) is 28.9 Å². The van der Waals surface area contributed by atoms with Gasteiger partial charge in [-0.2, -0.15) is 5.10 Å². The molecule has 0 aliphatic rings. The van der Waals surface area contributed by atoms with Crippen LogP contribution in [0.3, 0.4) is 0 Å². The predicted octanol–water partition coefficient (Wildman–Crippen LogP) is 1.45. The summed E-state index contributed by atoms with van der Waals surface area (Å²) in [7, 11) is -1.38. The van der Waals surface area contributed by atoms with Gasteiger partial charge in [0.05, 0.1) is 17.6 Å². The summed E-state index contributed by atoms with van der Waals surface area (Å²) in [5.74, 6) is 0.611. The summed E-state index contributed by atoms with van der Waals surface area (Å²) in [5, 5.41) is 21.1. The first-order chi connectivity index (χ1) is 13.1. The van der Waals surface area contributed by atoms with Gasteiger partial charge < -0.3 is 15.7 Å². The fourth-order valence-corrected chi connectivity index (χ4v) is 3.22. The molecule has 2 aromatic rings. The molecule has 0 amide bonds. The number of benzene rings is 1. The van der Waals surface area contributed by atoms with Crippen molar-refractivity contribution in [1.29, 1.82) is 0 Å². The molecule has 1 aromatic carbocycles. The first kappa shape index (κ1) is 25.4. The van der Waals surface area contributed by atoms with Crippen molar-refractivity contribution in [2.45, 2.75) is 30.8 Å². The van der Waals surface area contributed by atoms with Crippen molar-refractivity contribution in [3.8, 4) is 0 Å². The lowest BCUT2D eigenvalue weighted by Gasteiger charge is -2.20. The van der Waals surface area contributed by atoms with E-state index in [1.54, 1.807) is 43.2 Å². The van der Waals surface area contributed by atoms with Gasteiger partial charge in [-0.15, -0.1) is 24.0 Å². The highest BCUT2D eigenvalue weighted by molar-refractivity contribution is 14.0. The molecule has 10 heteroatoms. The number of hydrogen-bond donors (Lipinski definition) is 3. The maximum atomic E-state index is 11.5. The number of aliphatic imine (C=N–C) groups is 1. The number of sulfone groups is 1. The Labute approximate surface area is 189 Å². The largest absolute Gasteiger partial charge is 0.383 e. The van der Waals surface area contributed by atoms with E-state index < -0.39 is 15.4 Å². The Hall–Kier alpha value is -1.66. The SMILES string of the molecule is CCNC(=NCC(C)(O)c1cnn(C)c1)NCCc1ccc(S(C)(=O)=O)cc1.I. The lowest BCUT2D eigenvalue weighted by molar-refractivity contribution is 0.0672. The lowest BCUT2D eigenvalue weighted by Crippen LogP contribution is -2.39. The third-order valence-corrected chi connectivity index (χ3v) is 5.40. The van der Waals surface area contributed by atoms with Gasteiger partial charge in [0, 0.05) is 38.2 Å². The Morgan fingerprint density at radius 2 is 1.93 bits per heavy atom. The molecule has 0 saturated carbocycles. The van der Waals surface area contributed by atoms with Crippen molar-refractivity contribution in [3.05, 3.63) is 47.8 Å². The van der Waals surface area contributed by atoms with Crippen molar-refractivity contribution >= 4 is 39.8 Å². The van der Waals surface area contributed by atoms with Crippen molar-refractivity contribution < 1.29 is 13.5 Å². The van der Waals surface area contributed by atoms with Crippen LogP contribution in [0, 0.1) is 0 Å². The minimum absolute atomic E-state index is 0. The van der Waals surface area contributed by atoms with Crippen LogP contribution in [0.1, 0.15) is 25.0 Å². The number of rotatable bonds is 8. The molecule has 1 aromatic heterocycles. The Morgan fingerprint density at radius 3 is 2.45 bits per heavy atom. The molecule has 1 unspecified atom stereocenters. The number of nitrogens with one attached hydrogen (secondary N) is 2. The van der Waals surface area contributed by atoms with Crippen molar-refractivity contribution in [2.75, 3.05) is 25.9 Å². The smallest absolute Gasteiger partial charge is 0.191 e. The summed E-state index contributed by atoms with van der Waals surface area (Å²) in [6.45, 7) is 5.20. The summed E-state index contributed by atoms with van der Waals surface area (Å²) in [6, 6.07) is 6.87. The van der Waals surface area contributed by atoms with E-state index in [9.17, 15) is 13.5 Å². The summed E-state index contributed by atoms with van der Waals surface area (Å²) in [6.07, 6.45) is 5.32. The average Bonchev–Trinajstić information content (AvgIpc) is 3.07. The minimum Gasteiger partial charge on any atom is -0.383 e. The van der Waals surface area contributed by atoms with Crippen LogP contribution in [0.4, 0.5) is 0 Å². The van der Waals surface area contributed by atoms with Crippen LogP contribution in [0.15, 0.2) is 46.5 Å². The summed E-state index contributed by atoms with van der Waals surface area (Å²) in [4.78, 5) is 4.79. The minimum atomic E-state index is -3.18. The molecule has 1 heterocycles. The van der Waals surface area contributed by atoms with E-state index >= 15 is 0 Å². The maximum absolute atomic E-state index is 11.5. The van der Waals surface area contributed by atoms with Gasteiger partial charge in [0.25, 0.3) is 0 Å². The number of halogens is 1. The van der Waals surface area contributed by atoms with Gasteiger partial charge in [-0.05, 0) is 38.0 Å². The second-order valence-corrected chi connectivity index (χ2v) is 8.98. The number of nitrogens with zero attached hydrogens (tertiary/aromatic N) is 3. The van der Waals surface area contributed by atoms with E-state index in [2.05, 4.69) is 20.7 Å². The molecule has 3 N–H and O–H groups in total. The van der Waals surface area contributed by atoms with Crippen LogP contribution in [0.2, 0.25) is 0 Å². The van der Waals surface area contributed by atoms with Crippen LogP contribution in [-0.4, -0.2) is 55.2 Å². The number of guanidine groups is 1. The van der Waals surface area contributed by atoms with Gasteiger partial charge in [0.2, 0.25) is 0 Å². The van der Waals surface area contributed by atoms with Crippen LogP contribution in [0.5, 0.6) is 0 Å². The van der Waals surface area contributed by atoms with E-state index in [0.29, 0.717) is 35.9 Å².